The third-order valence-corrected chi connectivity index (χ3v) is 8.22. The monoisotopic (exact) mass is 477 g/mol. The number of anilines is 2. The van der Waals surface area contributed by atoms with E-state index in [1.54, 1.807) is 24.3 Å². The van der Waals surface area contributed by atoms with Crippen LogP contribution in [0.5, 0.6) is 0 Å². The van der Waals surface area contributed by atoms with Crippen molar-refractivity contribution in [3.8, 4) is 0 Å². The van der Waals surface area contributed by atoms with Gasteiger partial charge in [-0.15, -0.1) is 11.8 Å². The molecule has 2 aromatic rings. The van der Waals surface area contributed by atoms with E-state index in [0.29, 0.717) is 63.9 Å². The van der Waals surface area contributed by atoms with Gasteiger partial charge < -0.3 is 19.7 Å². The molecule has 172 valence electrons. The molecular weight excluding hydrogens is 450 g/mol. The van der Waals surface area contributed by atoms with Gasteiger partial charge in [0.05, 0.1) is 48.3 Å². The molecule has 0 radical (unpaired) electrons. The Morgan fingerprint density at radius 3 is 2.31 bits per heavy atom. The van der Waals surface area contributed by atoms with E-state index in [9.17, 15) is 13.2 Å². The van der Waals surface area contributed by atoms with Crippen molar-refractivity contribution >= 4 is 39.1 Å². The average Bonchev–Trinajstić information content (AvgIpc) is 2.85. The number of carbonyl (C=O) groups excluding carboxylic acids is 1. The van der Waals surface area contributed by atoms with Crippen molar-refractivity contribution in [1.29, 1.82) is 0 Å². The molecule has 8 nitrogen and oxygen atoms in total. The van der Waals surface area contributed by atoms with Crippen LogP contribution in [-0.4, -0.2) is 77.5 Å². The SMILES string of the molecule is CSc1ccccc1C(=O)Nc1cc(S(=O)(=O)N2CCOCC2)ccc1N1CCOCC1. The van der Waals surface area contributed by atoms with E-state index in [1.165, 1.54) is 16.1 Å². The number of nitrogens with one attached hydrogen (secondary N) is 1. The molecule has 0 bridgehead atoms. The Kier molecular flexibility index (Phi) is 7.37. The van der Waals surface area contributed by atoms with Crippen molar-refractivity contribution in [3.63, 3.8) is 0 Å². The molecule has 0 aliphatic carbocycles. The lowest BCUT2D eigenvalue weighted by Crippen LogP contribution is -2.40. The van der Waals surface area contributed by atoms with Gasteiger partial charge in [0.15, 0.2) is 0 Å². The van der Waals surface area contributed by atoms with Gasteiger partial charge in [0.2, 0.25) is 10.0 Å². The molecule has 0 spiro atoms. The highest BCUT2D eigenvalue weighted by molar-refractivity contribution is 7.98. The molecule has 1 amide bonds. The van der Waals surface area contributed by atoms with E-state index in [-0.39, 0.29) is 10.8 Å². The highest BCUT2D eigenvalue weighted by Crippen LogP contribution is 2.32. The Hall–Kier alpha value is -2.11. The summed E-state index contributed by atoms with van der Waals surface area (Å²) in [6.07, 6.45) is 1.92. The molecule has 4 rings (SSSR count). The minimum absolute atomic E-state index is 0.157. The van der Waals surface area contributed by atoms with E-state index < -0.39 is 10.0 Å². The largest absolute Gasteiger partial charge is 0.379 e. The number of ether oxygens (including phenoxy) is 2. The Bertz CT molecular complexity index is 1060. The van der Waals surface area contributed by atoms with Crippen molar-refractivity contribution in [3.05, 3.63) is 48.0 Å². The molecule has 0 aromatic heterocycles. The number of amides is 1. The summed E-state index contributed by atoms with van der Waals surface area (Å²) in [4.78, 5) is 16.3. The molecule has 1 N–H and O–H groups in total. The van der Waals surface area contributed by atoms with Crippen LogP contribution in [-0.2, 0) is 19.5 Å². The van der Waals surface area contributed by atoms with E-state index in [1.807, 2.05) is 24.5 Å². The molecule has 2 aliphatic rings. The minimum Gasteiger partial charge on any atom is -0.379 e. The maximum Gasteiger partial charge on any atom is 0.256 e. The zero-order chi connectivity index (χ0) is 22.6. The van der Waals surface area contributed by atoms with Crippen LogP contribution >= 0.6 is 11.8 Å². The number of nitrogens with zero attached hydrogens (tertiary/aromatic N) is 2. The third kappa shape index (κ3) is 4.94. The Morgan fingerprint density at radius 1 is 0.969 bits per heavy atom. The fourth-order valence-corrected chi connectivity index (χ4v) is 5.84. The van der Waals surface area contributed by atoms with Crippen molar-refractivity contribution in [2.45, 2.75) is 9.79 Å². The van der Waals surface area contributed by atoms with Crippen LogP contribution in [0.4, 0.5) is 11.4 Å². The molecule has 2 aliphatic heterocycles. The second-order valence-corrected chi connectivity index (χ2v) is 10.2. The Morgan fingerprint density at radius 2 is 1.62 bits per heavy atom. The third-order valence-electron chi connectivity index (χ3n) is 5.53. The summed E-state index contributed by atoms with van der Waals surface area (Å²) < 4.78 is 38.6. The van der Waals surface area contributed by atoms with Gasteiger partial charge in [-0.2, -0.15) is 4.31 Å². The van der Waals surface area contributed by atoms with Gasteiger partial charge >= 0.3 is 0 Å². The fourth-order valence-electron chi connectivity index (χ4n) is 3.81. The van der Waals surface area contributed by atoms with Crippen molar-refractivity contribution in [1.82, 2.24) is 4.31 Å². The van der Waals surface area contributed by atoms with Crippen molar-refractivity contribution in [2.24, 2.45) is 0 Å². The first-order chi connectivity index (χ1) is 15.5. The average molecular weight is 478 g/mol. The first-order valence-electron chi connectivity index (χ1n) is 10.5. The summed E-state index contributed by atoms with van der Waals surface area (Å²) in [6.45, 7) is 3.87. The predicted molar refractivity (Wildman–Crippen MR) is 125 cm³/mol. The Labute approximate surface area is 192 Å². The van der Waals surface area contributed by atoms with Crippen LogP contribution in [0.3, 0.4) is 0 Å². The maximum atomic E-state index is 13.2. The van der Waals surface area contributed by atoms with Crippen LogP contribution in [0.1, 0.15) is 10.4 Å². The smallest absolute Gasteiger partial charge is 0.256 e. The minimum atomic E-state index is -3.69. The predicted octanol–water partition coefficient (Wildman–Crippen LogP) is 2.52. The molecule has 2 aromatic carbocycles. The Balaban J connectivity index is 1.70. The summed E-state index contributed by atoms with van der Waals surface area (Å²) in [7, 11) is -3.69. The van der Waals surface area contributed by atoms with Crippen LogP contribution in [0.25, 0.3) is 0 Å². The summed E-state index contributed by atoms with van der Waals surface area (Å²) in [5.41, 5.74) is 1.81. The first-order valence-corrected chi connectivity index (χ1v) is 13.2. The highest BCUT2D eigenvalue weighted by Gasteiger charge is 2.28. The molecule has 0 saturated carbocycles. The summed E-state index contributed by atoms with van der Waals surface area (Å²) >= 11 is 1.49. The molecule has 10 heteroatoms. The fraction of sp³-hybridized carbons (Fsp3) is 0.409. The molecule has 2 saturated heterocycles. The number of benzene rings is 2. The number of morpholine rings is 2. The van der Waals surface area contributed by atoms with Crippen LogP contribution in [0.15, 0.2) is 52.3 Å². The summed E-state index contributed by atoms with van der Waals surface area (Å²) in [6, 6.07) is 12.3. The van der Waals surface area contributed by atoms with Gasteiger partial charge in [-0.1, -0.05) is 12.1 Å². The zero-order valence-electron chi connectivity index (χ0n) is 18.0. The van der Waals surface area contributed by atoms with E-state index in [2.05, 4.69) is 10.2 Å². The second-order valence-electron chi connectivity index (χ2n) is 7.45. The number of rotatable bonds is 6. The lowest BCUT2D eigenvalue weighted by atomic mass is 10.2. The molecule has 2 heterocycles. The van der Waals surface area contributed by atoms with Gasteiger partial charge in [-0.25, -0.2) is 8.42 Å². The quantitative estimate of drug-likeness (QED) is 0.640. The number of sulfonamides is 1. The standard InChI is InChI=1S/C22H27N3O5S2/c1-31-21-5-3-2-4-18(21)22(26)23-19-16-17(32(27,28)25-10-14-30-15-11-25)6-7-20(19)24-8-12-29-13-9-24/h2-7,16H,8-15H2,1H3,(H,23,26). The van der Waals surface area contributed by atoms with Crippen molar-refractivity contribution in [2.75, 3.05) is 69.1 Å². The van der Waals surface area contributed by atoms with Gasteiger partial charge in [0.1, 0.15) is 0 Å². The summed E-state index contributed by atoms with van der Waals surface area (Å²) in [5.74, 6) is -0.273. The van der Waals surface area contributed by atoms with E-state index in [4.69, 9.17) is 9.47 Å². The van der Waals surface area contributed by atoms with Gasteiger partial charge in [-0.05, 0) is 36.6 Å². The van der Waals surface area contributed by atoms with Gasteiger partial charge in [0.25, 0.3) is 5.91 Å². The molecule has 0 atom stereocenters. The molecule has 32 heavy (non-hydrogen) atoms. The molecule has 0 unspecified atom stereocenters. The number of thioether (sulfide) groups is 1. The van der Waals surface area contributed by atoms with E-state index >= 15 is 0 Å². The normalized spacial score (nSPS) is 17.8. The molecular formula is C22H27N3O5S2. The van der Waals surface area contributed by atoms with E-state index in [0.717, 1.165) is 10.6 Å². The lowest BCUT2D eigenvalue weighted by Gasteiger charge is -2.31. The summed E-state index contributed by atoms with van der Waals surface area (Å²) in [5, 5.41) is 2.97. The number of carbonyl (C=O) groups is 1. The highest BCUT2D eigenvalue weighted by atomic mass is 32.2. The van der Waals surface area contributed by atoms with Gasteiger partial charge in [0, 0.05) is 31.1 Å². The zero-order valence-corrected chi connectivity index (χ0v) is 19.6. The number of hydrogen-bond donors (Lipinski definition) is 1. The first kappa shape index (κ1) is 23.1. The molecule has 2 fully saturated rings. The van der Waals surface area contributed by atoms with Gasteiger partial charge in [-0.3, -0.25) is 4.79 Å². The van der Waals surface area contributed by atoms with Crippen molar-refractivity contribution < 1.29 is 22.7 Å². The lowest BCUT2D eigenvalue weighted by molar-refractivity contribution is 0.0730. The number of hydrogen-bond acceptors (Lipinski definition) is 7. The van der Waals surface area contributed by atoms with Crippen LogP contribution in [0, 0.1) is 0 Å². The second kappa shape index (κ2) is 10.2. The topological polar surface area (TPSA) is 88.2 Å². The van der Waals surface area contributed by atoms with Crippen LogP contribution < -0.4 is 10.2 Å². The maximum absolute atomic E-state index is 13.2. The van der Waals surface area contributed by atoms with Crippen LogP contribution in [0.2, 0.25) is 0 Å².